The highest BCUT2D eigenvalue weighted by Crippen LogP contribution is 2.39. The summed E-state index contributed by atoms with van der Waals surface area (Å²) in [5.41, 5.74) is 6.78. The average Bonchev–Trinajstić information content (AvgIpc) is 3.03. The molecule has 2 aromatic carbocycles. The van der Waals surface area contributed by atoms with Crippen LogP contribution in [0.1, 0.15) is 46.1 Å². The van der Waals surface area contributed by atoms with E-state index in [1.54, 1.807) is 4.90 Å². The van der Waals surface area contributed by atoms with Gasteiger partial charge in [0, 0.05) is 17.4 Å². The molecule has 3 aromatic rings. The van der Waals surface area contributed by atoms with Crippen LogP contribution in [0.4, 0.5) is 16.2 Å². The van der Waals surface area contributed by atoms with Gasteiger partial charge in [0.1, 0.15) is 5.69 Å². The fraction of sp³-hybridized carbons (Fsp3) is 0.333. The number of fused-ring (bicyclic) bond motifs is 2. The number of carboxylic acid groups (broad SMARTS) is 1. The molecule has 0 fully saturated rings. The molecule has 2 heterocycles. The van der Waals surface area contributed by atoms with Crippen LogP contribution in [0.2, 0.25) is 0 Å². The number of H-pyrrole nitrogens is 1. The number of rotatable bonds is 2. The molecule has 156 valence electrons. The van der Waals surface area contributed by atoms with E-state index in [0.717, 1.165) is 33.2 Å². The molecule has 0 aliphatic carbocycles. The summed E-state index contributed by atoms with van der Waals surface area (Å²) >= 11 is 0. The summed E-state index contributed by atoms with van der Waals surface area (Å²) in [7, 11) is 0. The second-order valence-electron chi connectivity index (χ2n) is 8.23. The summed E-state index contributed by atoms with van der Waals surface area (Å²) in [6.07, 6.45) is -0.372. The number of carbonyl (C=O) groups is 2. The Morgan fingerprint density at radius 2 is 1.73 bits per heavy atom. The Morgan fingerprint density at radius 3 is 2.37 bits per heavy atom. The first-order chi connectivity index (χ1) is 14.2. The second kappa shape index (κ2) is 7.20. The third-order valence-corrected chi connectivity index (χ3v) is 6.25. The number of anilines is 2. The molecule has 30 heavy (non-hydrogen) atoms. The quantitative estimate of drug-likeness (QED) is 0.605. The van der Waals surface area contributed by atoms with Crippen molar-refractivity contribution >= 4 is 34.3 Å². The monoisotopic (exact) mass is 405 g/mol. The summed E-state index contributed by atoms with van der Waals surface area (Å²) in [5, 5.41) is 10.9. The molecular formula is C24H27N3O3. The number of nitrogens with one attached hydrogen (secondary N) is 1. The van der Waals surface area contributed by atoms with Crippen LogP contribution in [-0.2, 0) is 0 Å². The van der Waals surface area contributed by atoms with Crippen LogP contribution in [0, 0.1) is 27.7 Å². The van der Waals surface area contributed by atoms with Crippen molar-refractivity contribution < 1.29 is 14.7 Å². The van der Waals surface area contributed by atoms with Crippen molar-refractivity contribution in [2.24, 2.45) is 0 Å². The number of benzene rings is 2. The lowest BCUT2D eigenvalue weighted by Gasteiger charge is -2.41. The summed E-state index contributed by atoms with van der Waals surface area (Å²) in [4.78, 5) is 32.2. The van der Waals surface area contributed by atoms with E-state index in [4.69, 9.17) is 0 Å². The van der Waals surface area contributed by atoms with Crippen molar-refractivity contribution in [3.05, 3.63) is 58.3 Å². The van der Waals surface area contributed by atoms with E-state index in [0.29, 0.717) is 30.0 Å². The molecule has 0 radical (unpaired) electrons. The first kappa shape index (κ1) is 20.0. The van der Waals surface area contributed by atoms with Gasteiger partial charge in [0.05, 0.1) is 17.4 Å². The molecule has 0 saturated heterocycles. The van der Waals surface area contributed by atoms with Crippen LogP contribution in [0.25, 0.3) is 10.9 Å². The maximum atomic E-state index is 13.7. The molecule has 0 bridgehead atoms. The van der Waals surface area contributed by atoms with Crippen LogP contribution in [-0.4, -0.2) is 34.7 Å². The van der Waals surface area contributed by atoms with E-state index in [1.807, 2.05) is 58.9 Å². The number of aromatic nitrogens is 1. The zero-order chi connectivity index (χ0) is 21.7. The molecular weight excluding hydrogens is 378 g/mol. The second-order valence-corrected chi connectivity index (χ2v) is 8.23. The van der Waals surface area contributed by atoms with Gasteiger partial charge in [0.25, 0.3) is 5.91 Å². The van der Waals surface area contributed by atoms with Gasteiger partial charge in [-0.1, -0.05) is 18.6 Å². The number of amides is 2. The number of aromatic amines is 1. The molecule has 6 heteroatoms. The fourth-order valence-electron chi connectivity index (χ4n) is 4.33. The summed E-state index contributed by atoms with van der Waals surface area (Å²) in [6, 6.07) is 9.60. The van der Waals surface area contributed by atoms with Crippen LogP contribution < -0.4 is 9.80 Å². The van der Waals surface area contributed by atoms with Gasteiger partial charge >= 0.3 is 6.09 Å². The highest BCUT2D eigenvalue weighted by Gasteiger charge is 2.37. The van der Waals surface area contributed by atoms with Crippen molar-refractivity contribution in [3.8, 4) is 0 Å². The van der Waals surface area contributed by atoms with E-state index in [-0.39, 0.29) is 11.9 Å². The van der Waals surface area contributed by atoms with Gasteiger partial charge in [-0.05, 0) is 75.1 Å². The van der Waals surface area contributed by atoms with E-state index < -0.39 is 6.09 Å². The third-order valence-electron chi connectivity index (χ3n) is 6.25. The van der Waals surface area contributed by atoms with E-state index in [2.05, 4.69) is 11.1 Å². The number of hydrogen-bond donors (Lipinski definition) is 2. The van der Waals surface area contributed by atoms with E-state index in [1.165, 1.54) is 4.90 Å². The number of aryl methyl sites for hydroxylation is 4. The predicted octanol–water partition coefficient (Wildman–Crippen LogP) is 5.32. The van der Waals surface area contributed by atoms with Crippen molar-refractivity contribution in [1.82, 2.24) is 4.98 Å². The van der Waals surface area contributed by atoms with Gasteiger partial charge in [0.15, 0.2) is 0 Å². The Bertz CT molecular complexity index is 1180. The SMILES string of the molecule is CCC1CN(C(=O)c2[nH]c3ccc(C)cc3c2C)c2cc(C)c(C)cc2N1C(=O)O. The van der Waals surface area contributed by atoms with Crippen molar-refractivity contribution in [3.63, 3.8) is 0 Å². The largest absolute Gasteiger partial charge is 0.465 e. The van der Waals surface area contributed by atoms with Crippen LogP contribution >= 0.6 is 0 Å². The summed E-state index contributed by atoms with van der Waals surface area (Å²) in [6.45, 7) is 10.2. The highest BCUT2D eigenvalue weighted by atomic mass is 16.4. The Hall–Kier alpha value is -3.28. The summed E-state index contributed by atoms with van der Waals surface area (Å²) < 4.78 is 0. The minimum Gasteiger partial charge on any atom is -0.465 e. The smallest absolute Gasteiger partial charge is 0.412 e. The molecule has 2 amide bonds. The Labute approximate surface area is 176 Å². The molecule has 2 N–H and O–H groups in total. The first-order valence-corrected chi connectivity index (χ1v) is 10.3. The van der Waals surface area contributed by atoms with Crippen molar-refractivity contribution in [2.75, 3.05) is 16.3 Å². The van der Waals surface area contributed by atoms with Gasteiger partial charge in [-0.15, -0.1) is 0 Å². The molecule has 6 nitrogen and oxygen atoms in total. The molecule has 1 aliphatic rings. The first-order valence-electron chi connectivity index (χ1n) is 10.3. The zero-order valence-electron chi connectivity index (χ0n) is 18.0. The van der Waals surface area contributed by atoms with Gasteiger partial charge in [-0.3, -0.25) is 9.69 Å². The van der Waals surface area contributed by atoms with Gasteiger partial charge in [-0.25, -0.2) is 4.79 Å². The Kier molecular flexibility index (Phi) is 4.80. The zero-order valence-corrected chi connectivity index (χ0v) is 18.0. The third kappa shape index (κ3) is 3.03. The van der Waals surface area contributed by atoms with E-state index >= 15 is 0 Å². The molecule has 0 saturated carbocycles. The fourth-order valence-corrected chi connectivity index (χ4v) is 4.33. The normalized spacial score (nSPS) is 16.1. The lowest BCUT2D eigenvalue weighted by molar-refractivity contribution is 0.0978. The van der Waals surface area contributed by atoms with Gasteiger partial charge in [0.2, 0.25) is 0 Å². The number of carbonyl (C=O) groups excluding carboxylic acids is 1. The van der Waals surface area contributed by atoms with Crippen LogP contribution in [0.15, 0.2) is 30.3 Å². The number of hydrogen-bond acceptors (Lipinski definition) is 2. The maximum Gasteiger partial charge on any atom is 0.412 e. The van der Waals surface area contributed by atoms with Crippen LogP contribution in [0.5, 0.6) is 0 Å². The van der Waals surface area contributed by atoms with E-state index in [9.17, 15) is 14.7 Å². The topological polar surface area (TPSA) is 76.6 Å². The molecule has 0 spiro atoms. The standard InChI is InChI=1S/C24H27N3O3/c1-6-17-12-26(20-10-14(3)15(4)11-21(20)27(17)24(29)30)23(28)22-16(5)18-9-13(2)7-8-19(18)25-22/h7-11,17,25H,6,12H2,1-5H3,(H,29,30). The molecule has 1 aromatic heterocycles. The van der Waals surface area contributed by atoms with Crippen LogP contribution in [0.3, 0.4) is 0 Å². The molecule has 1 unspecified atom stereocenters. The van der Waals surface area contributed by atoms with Gasteiger partial charge < -0.3 is 15.0 Å². The van der Waals surface area contributed by atoms with Gasteiger partial charge in [-0.2, -0.15) is 0 Å². The van der Waals surface area contributed by atoms with Crippen molar-refractivity contribution in [2.45, 2.75) is 47.1 Å². The average molecular weight is 405 g/mol. The minimum absolute atomic E-state index is 0.130. The highest BCUT2D eigenvalue weighted by molar-refractivity contribution is 6.12. The minimum atomic E-state index is -0.990. The molecule has 1 aliphatic heterocycles. The lowest BCUT2D eigenvalue weighted by Crippen LogP contribution is -2.53. The van der Waals surface area contributed by atoms with Crippen molar-refractivity contribution in [1.29, 1.82) is 0 Å². The predicted molar refractivity (Wildman–Crippen MR) is 120 cm³/mol. The number of nitrogens with zero attached hydrogens (tertiary/aromatic N) is 2. The Morgan fingerprint density at radius 1 is 1.07 bits per heavy atom. The maximum absolute atomic E-state index is 13.7. The lowest BCUT2D eigenvalue weighted by atomic mass is 10.00. The molecule has 4 rings (SSSR count). The molecule has 1 atom stereocenters. The Balaban J connectivity index is 1.87. The summed E-state index contributed by atoms with van der Waals surface area (Å²) in [5.74, 6) is -0.130.